The van der Waals surface area contributed by atoms with E-state index in [0.717, 1.165) is 0 Å². The third-order valence-corrected chi connectivity index (χ3v) is 3.44. The van der Waals surface area contributed by atoms with Crippen LogP contribution in [0.5, 0.6) is 0 Å². The van der Waals surface area contributed by atoms with E-state index in [2.05, 4.69) is 10.6 Å². The molecule has 0 spiro atoms. The van der Waals surface area contributed by atoms with E-state index in [4.69, 9.17) is 17.0 Å². The molecule has 2 N–H and O–H groups in total. The standard InChI is InChI=1S/C16H19FN2O2S/c1-9(2)8-21-15(20)13-10(3)18-16(22)19-14(13)11-5-4-6-12(17)7-11/h4-7,9,14H,8H2,1-3H3,(H2,18,19,22). The first-order valence-electron chi connectivity index (χ1n) is 7.09. The minimum absolute atomic E-state index is 0.239. The molecule has 0 fully saturated rings. The Morgan fingerprint density at radius 2 is 2.18 bits per heavy atom. The molecule has 1 aromatic rings. The Balaban J connectivity index is 2.34. The minimum Gasteiger partial charge on any atom is -0.462 e. The third-order valence-electron chi connectivity index (χ3n) is 3.22. The highest BCUT2D eigenvalue weighted by atomic mass is 32.1. The van der Waals surface area contributed by atoms with Crippen LogP contribution < -0.4 is 10.6 Å². The molecule has 1 heterocycles. The molecule has 2 rings (SSSR count). The number of carbonyl (C=O) groups excluding carboxylic acids is 1. The van der Waals surface area contributed by atoms with E-state index in [1.807, 2.05) is 13.8 Å². The Labute approximate surface area is 134 Å². The normalized spacial score (nSPS) is 18.0. The molecule has 0 aromatic heterocycles. The van der Waals surface area contributed by atoms with Crippen LogP contribution in [0, 0.1) is 11.7 Å². The monoisotopic (exact) mass is 322 g/mol. The van der Waals surface area contributed by atoms with Gasteiger partial charge >= 0.3 is 5.97 Å². The van der Waals surface area contributed by atoms with Gasteiger partial charge in [-0.3, -0.25) is 0 Å². The van der Waals surface area contributed by atoms with Gasteiger partial charge in [-0.05, 0) is 42.8 Å². The highest BCUT2D eigenvalue weighted by Gasteiger charge is 2.31. The Morgan fingerprint density at radius 3 is 2.82 bits per heavy atom. The van der Waals surface area contributed by atoms with E-state index in [9.17, 15) is 9.18 Å². The molecule has 0 aliphatic carbocycles. The second-order valence-corrected chi connectivity index (χ2v) is 6.03. The maximum absolute atomic E-state index is 13.5. The highest BCUT2D eigenvalue weighted by Crippen LogP contribution is 2.28. The molecule has 0 radical (unpaired) electrons. The predicted molar refractivity (Wildman–Crippen MR) is 86.5 cm³/mol. The highest BCUT2D eigenvalue weighted by molar-refractivity contribution is 7.80. The van der Waals surface area contributed by atoms with E-state index in [1.54, 1.807) is 19.1 Å². The summed E-state index contributed by atoms with van der Waals surface area (Å²) in [4.78, 5) is 12.4. The van der Waals surface area contributed by atoms with Crippen molar-refractivity contribution in [3.63, 3.8) is 0 Å². The molecule has 4 nitrogen and oxygen atoms in total. The van der Waals surface area contributed by atoms with Gasteiger partial charge in [-0.25, -0.2) is 9.18 Å². The molecular weight excluding hydrogens is 303 g/mol. The van der Waals surface area contributed by atoms with Crippen LogP contribution in [0.4, 0.5) is 4.39 Å². The van der Waals surface area contributed by atoms with Gasteiger partial charge in [0.1, 0.15) is 5.82 Å². The van der Waals surface area contributed by atoms with Gasteiger partial charge in [-0.15, -0.1) is 0 Å². The van der Waals surface area contributed by atoms with Crippen molar-refractivity contribution in [1.82, 2.24) is 10.6 Å². The van der Waals surface area contributed by atoms with Gasteiger partial charge in [0.05, 0.1) is 18.2 Å². The molecular formula is C16H19FN2O2S. The largest absolute Gasteiger partial charge is 0.462 e. The molecule has 0 saturated heterocycles. The summed E-state index contributed by atoms with van der Waals surface area (Å²) in [7, 11) is 0. The lowest BCUT2D eigenvalue weighted by Gasteiger charge is -2.30. The zero-order valence-electron chi connectivity index (χ0n) is 12.8. The van der Waals surface area contributed by atoms with Crippen molar-refractivity contribution in [2.75, 3.05) is 6.61 Å². The third kappa shape index (κ3) is 3.82. The quantitative estimate of drug-likeness (QED) is 0.659. The fourth-order valence-corrected chi connectivity index (χ4v) is 2.49. The summed E-state index contributed by atoms with van der Waals surface area (Å²) in [5, 5.41) is 6.32. The van der Waals surface area contributed by atoms with Gasteiger partial charge < -0.3 is 15.4 Å². The van der Waals surface area contributed by atoms with Crippen LogP contribution in [0.15, 0.2) is 35.5 Å². The van der Waals surface area contributed by atoms with Crippen LogP contribution in [-0.2, 0) is 9.53 Å². The van der Waals surface area contributed by atoms with Crippen molar-refractivity contribution in [2.45, 2.75) is 26.8 Å². The van der Waals surface area contributed by atoms with Gasteiger partial charge in [-0.2, -0.15) is 0 Å². The number of benzene rings is 1. The Bertz CT molecular complexity index is 628. The number of rotatable bonds is 4. The zero-order valence-corrected chi connectivity index (χ0v) is 13.6. The summed E-state index contributed by atoms with van der Waals surface area (Å²) in [5.41, 5.74) is 1.66. The van der Waals surface area contributed by atoms with E-state index < -0.39 is 12.0 Å². The average Bonchev–Trinajstić information content (AvgIpc) is 2.44. The molecule has 1 unspecified atom stereocenters. The lowest BCUT2D eigenvalue weighted by atomic mass is 9.95. The summed E-state index contributed by atoms with van der Waals surface area (Å²) < 4.78 is 18.8. The van der Waals surface area contributed by atoms with Crippen LogP contribution >= 0.6 is 12.2 Å². The predicted octanol–water partition coefficient (Wildman–Crippen LogP) is 2.82. The summed E-state index contributed by atoms with van der Waals surface area (Å²) in [5.74, 6) is -0.553. The Hall–Kier alpha value is -1.95. The average molecular weight is 322 g/mol. The molecule has 0 saturated carbocycles. The summed E-state index contributed by atoms with van der Waals surface area (Å²) in [6.07, 6.45) is 0. The molecule has 0 bridgehead atoms. The number of allylic oxidation sites excluding steroid dienone is 1. The van der Waals surface area contributed by atoms with E-state index in [0.29, 0.717) is 28.6 Å². The van der Waals surface area contributed by atoms with Crippen molar-refractivity contribution >= 4 is 23.3 Å². The minimum atomic E-state index is -0.524. The maximum Gasteiger partial charge on any atom is 0.338 e. The summed E-state index contributed by atoms with van der Waals surface area (Å²) >= 11 is 5.14. The van der Waals surface area contributed by atoms with Crippen molar-refractivity contribution in [3.8, 4) is 0 Å². The zero-order chi connectivity index (χ0) is 16.3. The fraction of sp³-hybridized carbons (Fsp3) is 0.375. The first-order valence-corrected chi connectivity index (χ1v) is 7.50. The molecule has 118 valence electrons. The van der Waals surface area contributed by atoms with Crippen LogP contribution in [0.25, 0.3) is 0 Å². The van der Waals surface area contributed by atoms with Gasteiger partial charge in [-0.1, -0.05) is 26.0 Å². The SMILES string of the molecule is CC1=C(C(=O)OCC(C)C)C(c2cccc(F)c2)NC(=S)N1. The smallest absolute Gasteiger partial charge is 0.338 e. The second-order valence-electron chi connectivity index (χ2n) is 5.62. The number of hydrogen-bond acceptors (Lipinski definition) is 3. The van der Waals surface area contributed by atoms with Crippen molar-refractivity contribution in [3.05, 3.63) is 46.9 Å². The van der Waals surface area contributed by atoms with Crippen LogP contribution in [-0.4, -0.2) is 17.7 Å². The summed E-state index contributed by atoms with van der Waals surface area (Å²) in [6.45, 7) is 6.01. The van der Waals surface area contributed by atoms with Gasteiger partial charge in [0.25, 0.3) is 0 Å². The van der Waals surface area contributed by atoms with Gasteiger partial charge in [0, 0.05) is 5.70 Å². The molecule has 6 heteroatoms. The molecule has 1 aliphatic heterocycles. The van der Waals surface area contributed by atoms with Gasteiger partial charge in [0.2, 0.25) is 0 Å². The lowest BCUT2D eigenvalue weighted by molar-refractivity contribution is -0.140. The number of nitrogens with one attached hydrogen (secondary N) is 2. The molecule has 0 amide bonds. The topological polar surface area (TPSA) is 50.4 Å². The number of carbonyl (C=O) groups is 1. The number of ether oxygens (including phenoxy) is 1. The fourth-order valence-electron chi connectivity index (χ4n) is 2.22. The Kier molecular flexibility index (Phi) is 5.13. The van der Waals surface area contributed by atoms with Crippen molar-refractivity contribution < 1.29 is 13.9 Å². The maximum atomic E-state index is 13.5. The van der Waals surface area contributed by atoms with Crippen molar-refractivity contribution in [2.24, 2.45) is 5.92 Å². The summed E-state index contributed by atoms with van der Waals surface area (Å²) in [6, 6.07) is 5.57. The van der Waals surface area contributed by atoms with Crippen LogP contribution in [0.2, 0.25) is 0 Å². The van der Waals surface area contributed by atoms with E-state index in [-0.39, 0.29) is 11.7 Å². The van der Waals surface area contributed by atoms with E-state index >= 15 is 0 Å². The second kappa shape index (κ2) is 6.87. The molecule has 1 aliphatic rings. The number of halogens is 1. The molecule has 1 aromatic carbocycles. The first kappa shape index (κ1) is 16.4. The Morgan fingerprint density at radius 1 is 1.45 bits per heavy atom. The number of thiocarbonyl (C=S) groups is 1. The van der Waals surface area contributed by atoms with E-state index in [1.165, 1.54) is 12.1 Å². The van der Waals surface area contributed by atoms with Crippen molar-refractivity contribution in [1.29, 1.82) is 0 Å². The molecule has 1 atom stereocenters. The van der Waals surface area contributed by atoms with Crippen LogP contribution in [0.1, 0.15) is 32.4 Å². The van der Waals surface area contributed by atoms with Gasteiger partial charge in [0.15, 0.2) is 5.11 Å². The number of hydrogen-bond donors (Lipinski definition) is 2. The van der Waals surface area contributed by atoms with Crippen LogP contribution in [0.3, 0.4) is 0 Å². The first-order chi connectivity index (χ1) is 10.4. The number of esters is 1. The molecule has 22 heavy (non-hydrogen) atoms. The lowest BCUT2D eigenvalue weighted by Crippen LogP contribution is -2.45.